The van der Waals surface area contributed by atoms with E-state index in [-0.39, 0.29) is 0 Å². The van der Waals surface area contributed by atoms with Crippen LogP contribution >= 0.6 is 0 Å². The Labute approximate surface area is 130 Å². The van der Waals surface area contributed by atoms with Gasteiger partial charge in [-0.1, -0.05) is 12.1 Å². The van der Waals surface area contributed by atoms with Crippen LogP contribution in [0.15, 0.2) is 47.6 Å². The summed E-state index contributed by atoms with van der Waals surface area (Å²) in [6.07, 6.45) is 2.65. The lowest BCUT2D eigenvalue weighted by atomic mass is 10.3. The highest BCUT2D eigenvalue weighted by molar-refractivity contribution is 5.79. The summed E-state index contributed by atoms with van der Waals surface area (Å²) in [6, 6.07) is 11.6. The molecule has 0 aliphatic carbocycles. The molecule has 0 aromatic carbocycles. The smallest absolute Gasteiger partial charge is 0.213 e. The molecule has 22 heavy (non-hydrogen) atoms. The summed E-state index contributed by atoms with van der Waals surface area (Å²) in [5.74, 6) is 1.35. The summed E-state index contributed by atoms with van der Waals surface area (Å²) in [5, 5.41) is 6.48. The molecule has 6 nitrogen and oxygen atoms in total. The third-order valence-corrected chi connectivity index (χ3v) is 3.05. The molecule has 0 unspecified atom stereocenters. The summed E-state index contributed by atoms with van der Waals surface area (Å²) < 4.78 is 5.11. The predicted octanol–water partition coefficient (Wildman–Crippen LogP) is 1.39. The summed E-state index contributed by atoms with van der Waals surface area (Å²) in [4.78, 5) is 12.8. The predicted molar refractivity (Wildman–Crippen MR) is 86.9 cm³/mol. The molecule has 2 aromatic rings. The van der Waals surface area contributed by atoms with E-state index in [1.54, 1.807) is 20.4 Å². The van der Waals surface area contributed by atoms with Crippen molar-refractivity contribution in [3.63, 3.8) is 0 Å². The van der Waals surface area contributed by atoms with Crippen molar-refractivity contribution in [2.75, 3.05) is 20.7 Å². The molecule has 0 saturated heterocycles. The number of guanidine groups is 1. The van der Waals surface area contributed by atoms with E-state index in [1.807, 2.05) is 36.4 Å². The molecule has 6 heteroatoms. The Kier molecular flexibility index (Phi) is 6.17. The number of ether oxygens (including phenoxy) is 1. The number of nitrogens with one attached hydrogen (secondary N) is 2. The van der Waals surface area contributed by atoms with E-state index < -0.39 is 0 Å². The number of nitrogens with zero attached hydrogens (tertiary/aromatic N) is 3. The lowest BCUT2D eigenvalue weighted by Gasteiger charge is -2.11. The van der Waals surface area contributed by atoms with E-state index in [4.69, 9.17) is 4.74 Å². The maximum absolute atomic E-state index is 5.11. The van der Waals surface area contributed by atoms with Gasteiger partial charge in [0.05, 0.1) is 19.3 Å². The first-order valence-corrected chi connectivity index (χ1v) is 7.16. The van der Waals surface area contributed by atoms with E-state index in [0.29, 0.717) is 12.4 Å². The molecular weight excluding hydrogens is 278 g/mol. The largest absolute Gasteiger partial charge is 0.481 e. The molecule has 2 heterocycles. The zero-order valence-electron chi connectivity index (χ0n) is 12.9. The van der Waals surface area contributed by atoms with Gasteiger partial charge in [0.2, 0.25) is 5.88 Å². The third kappa shape index (κ3) is 5.05. The highest BCUT2D eigenvalue weighted by Gasteiger charge is 2.01. The van der Waals surface area contributed by atoms with Gasteiger partial charge in [0.1, 0.15) is 0 Å². The number of hydrogen-bond donors (Lipinski definition) is 2. The van der Waals surface area contributed by atoms with Crippen molar-refractivity contribution in [1.82, 2.24) is 20.6 Å². The fourth-order valence-corrected chi connectivity index (χ4v) is 1.92. The average Bonchev–Trinajstić information content (AvgIpc) is 2.59. The summed E-state index contributed by atoms with van der Waals surface area (Å²) in [6.45, 7) is 1.35. The van der Waals surface area contributed by atoms with E-state index in [9.17, 15) is 0 Å². The number of pyridine rings is 2. The van der Waals surface area contributed by atoms with Gasteiger partial charge in [0, 0.05) is 38.0 Å². The van der Waals surface area contributed by atoms with Crippen molar-refractivity contribution < 1.29 is 4.74 Å². The molecule has 0 spiro atoms. The molecule has 2 rings (SSSR count). The molecule has 0 aliphatic rings. The van der Waals surface area contributed by atoms with Crippen LogP contribution in [0.2, 0.25) is 0 Å². The van der Waals surface area contributed by atoms with E-state index >= 15 is 0 Å². The Bertz CT molecular complexity index is 600. The molecule has 0 atom stereocenters. The second kappa shape index (κ2) is 8.61. The minimum atomic E-state index is 0.584. The molecule has 2 aromatic heterocycles. The van der Waals surface area contributed by atoms with Crippen molar-refractivity contribution >= 4 is 5.96 Å². The maximum atomic E-state index is 5.11. The monoisotopic (exact) mass is 299 g/mol. The van der Waals surface area contributed by atoms with Crippen molar-refractivity contribution in [1.29, 1.82) is 0 Å². The van der Waals surface area contributed by atoms with E-state index in [1.165, 1.54) is 0 Å². The van der Waals surface area contributed by atoms with Gasteiger partial charge in [-0.05, 0) is 18.2 Å². The number of methoxy groups -OCH3 is 1. The zero-order chi connectivity index (χ0) is 15.6. The van der Waals surface area contributed by atoms with Gasteiger partial charge in [-0.2, -0.15) is 0 Å². The summed E-state index contributed by atoms with van der Waals surface area (Å²) in [5.41, 5.74) is 1.95. The number of rotatable bonds is 6. The lowest BCUT2D eigenvalue weighted by Crippen LogP contribution is -2.38. The molecule has 0 saturated carbocycles. The van der Waals surface area contributed by atoms with Gasteiger partial charge in [-0.15, -0.1) is 0 Å². The van der Waals surface area contributed by atoms with Crippen LogP contribution in [0.3, 0.4) is 0 Å². The summed E-state index contributed by atoms with van der Waals surface area (Å²) >= 11 is 0. The van der Waals surface area contributed by atoms with Crippen LogP contribution in [-0.2, 0) is 13.0 Å². The van der Waals surface area contributed by atoms with Gasteiger partial charge < -0.3 is 15.4 Å². The Morgan fingerprint density at radius 2 is 2.00 bits per heavy atom. The van der Waals surface area contributed by atoms with Crippen LogP contribution in [0.4, 0.5) is 0 Å². The molecule has 0 amide bonds. The first-order chi connectivity index (χ1) is 10.8. The maximum Gasteiger partial charge on any atom is 0.213 e. The van der Waals surface area contributed by atoms with Crippen LogP contribution in [0.5, 0.6) is 5.88 Å². The van der Waals surface area contributed by atoms with Crippen molar-refractivity contribution in [2.24, 2.45) is 4.99 Å². The first kappa shape index (κ1) is 15.8. The van der Waals surface area contributed by atoms with Crippen molar-refractivity contribution in [3.8, 4) is 5.88 Å². The Morgan fingerprint density at radius 1 is 1.14 bits per heavy atom. The molecular formula is C16H21N5O. The summed E-state index contributed by atoms with van der Waals surface area (Å²) in [7, 11) is 3.35. The number of aliphatic imine (C=N–C) groups is 1. The Morgan fingerprint density at radius 3 is 2.73 bits per heavy atom. The second-order valence-electron chi connectivity index (χ2n) is 4.59. The van der Waals surface area contributed by atoms with Crippen molar-refractivity contribution in [3.05, 3.63) is 54.0 Å². The molecule has 2 N–H and O–H groups in total. The minimum absolute atomic E-state index is 0.584. The Balaban J connectivity index is 1.77. The fraction of sp³-hybridized carbons (Fsp3) is 0.312. The molecule has 116 valence electrons. The Hall–Kier alpha value is -2.63. The molecule has 0 radical (unpaired) electrons. The van der Waals surface area contributed by atoms with Crippen LogP contribution in [0, 0.1) is 0 Å². The van der Waals surface area contributed by atoms with Crippen molar-refractivity contribution in [2.45, 2.75) is 13.0 Å². The van der Waals surface area contributed by atoms with Gasteiger partial charge in [-0.25, -0.2) is 4.98 Å². The standard InChI is InChI=1S/C16H21N5O/c1-17-16(19-11-9-13-6-3-4-10-18-13)20-12-14-7-5-8-15(21-14)22-2/h3-8,10H,9,11-12H2,1-2H3,(H2,17,19,20). The van der Waals surface area contributed by atoms with Crippen LogP contribution in [0.25, 0.3) is 0 Å². The normalized spacial score (nSPS) is 11.1. The quantitative estimate of drug-likeness (QED) is 0.623. The zero-order valence-corrected chi connectivity index (χ0v) is 12.9. The molecule has 0 bridgehead atoms. The first-order valence-electron chi connectivity index (χ1n) is 7.16. The molecule has 0 fully saturated rings. The second-order valence-corrected chi connectivity index (χ2v) is 4.59. The highest BCUT2D eigenvalue weighted by atomic mass is 16.5. The van der Waals surface area contributed by atoms with Crippen LogP contribution < -0.4 is 15.4 Å². The SMILES string of the molecule is CN=C(NCCc1ccccn1)NCc1cccc(OC)n1. The fourth-order valence-electron chi connectivity index (χ4n) is 1.92. The number of hydrogen-bond acceptors (Lipinski definition) is 4. The minimum Gasteiger partial charge on any atom is -0.481 e. The van der Waals surface area contributed by atoms with Gasteiger partial charge in [-0.3, -0.25) is 9.98 Å². The highest BCUT2D eigenvalue weighted by Crippen LogP contribution is 2.05. The van der Waals surface area contributed by atoms with Gasteiger partial charge >= 0.3 is 0 Å². The van der Waals surface area contributed by atoms with E-state index in [0.717, 1.165) is 30.3 Å². The third-order valence-electron chi connectivity index (χ3n) is 3.05. The van der Waals surface area contributed by atoms with Crippen LogP contribution in [0.1, 0.15) is 11.4 Å². The van der Waals surface area contributed by atoms with Gasteiger partial charge in [0.15, 0.2) is 5.96 Å². The average molecular weight is 299 g/mol. The topological polar surface area (TPSA) is 71.4 Å². The van der Waals surface area contributed by atoms with Crippen LogP contribution in [-0.4, -0.2) is 36.6 Å². The number of aromatic nitrogens is 2. The van der Waals surface area contributed by atoms with Gasteiger partial charge in [0.25, 0.3) is 0 Å². The lowest BCUT2D eigenvalue weighted by molar-refractivity contribution is 0.396. The van der Waals surface area contributed by atoms with E-state index in [2.05, 4.69) is 25.6 Å². The molecule has 0 aliphatic heterocycles.